The Morgan fingerprint density at radius 3 is 1.97 bits per heavy atom. The topological polar surface area (TPSA) is 463 Å². The Labute approximate surface area is 589 Å². The minimum Gasteiger partial charge on any atom is -0.756 e. The second kappa shape index (κ2) is 31.0. The van der Waals surface area contributed by atoms with Gasteiger partial charge in [-0.15, -0.1) is 0 Å². The molecule has 1 aromatic carbocycles. The van der Waals surface area contributed by atoms with Crippen LogP contribution in [0.2, 0.25) is 0 Å². The maximum Gasteiger partial charge on any atom is 0.268 e. The van der Waals surface area contributed by atoms with E-state index in [2.05, 4.69) is 28.2 Å². The largest absolute Gasteiger partial charge is 0.756 e. The van der Waals surface area contributed by atoms with Crippen LogP contribution in [0.4, 0.5) is 0 Å². The monoisotopic (exact) mass is 1450 g/mol. The van der Waals surface area contributed by atoms with Crippen LogP contribution in [-0.4, -0.2) is 133 Å². The molecule has 16 N–H and O–H groups in total. The van der Waals surface area contributed by atoms with Crippen LogP contribution in [-0.2, 0) is 68.7 Å². The predicted octanol–water partition coefficient (Wildman–Crippen LogP) is 4.78. The maximum atomic E-state index is 14.4. The molecule has 1 radical (unpaired) electrons. The third kappa shape index (κ3) is 16.3. The van der Waals surface area contributed by atoms with Gasteiger partial charge in [0.25, 0.3) is 7.82 Å². The molecule has 3 fully saturated rings. The van der Waals surface area contributed by atoms with Gasteiger partial charge in [0, 0.05) is 153 Å². The van der Waals surface area contributed by atoms with Gasteiger partial charge in [-0.2, -0.15) is 12.6 Å². The Morgan fingerprint density at radius 2 is 1.41 bits per heavy atom. The number of ether oxygens (including phenoxy) is 1. The summed E-state index contributed by atoms with van der Waals surface area (Å²) in [5.74, 6) is -7.24. The van der Waals surface area contributed by atoms with Crippen molar-refractivity contribution in [2.45, 2.75) is 226 Å². The Hall–Kier alpha value is -6.14. The number of imidazole rings is 1. The van der Waals surface area contributed by atoms with Crippen molar-refractivity contribution in [2.24, 2.45) is 94.7 Å². The van der Waals surface area contributed by atoms with Gasteiger partial charge in [-0.3, -0.25) is 53.1 Å². The van der Waals surface area contributed by atoms with Gasteiger partial charge in [-0.05, 0) is 121 Å². The number of carbonyl (C=O) groups is 7. The zero-order chi connectivity index (χ0) is 71.8. The molecule has 27 nitrogen and oxygen atoms in total. The van der Waals surface area contributed by atoms with Crippen molar-refractivity contribution >= 4 is 90.0 Å². The third-order valence-electron chi connectivity index (χ3n) is 22.2. The predicted molar refractivity (Wildman–Crippen MR) is 367 cm³/mol. The van der Waals surface area contributed by atoms with Crippen LogP contribution >= 0.6 is 20.5 Å². The molecule has 30 heteroatoms. The minimum absolute atomic E-state index is 0. The van der Waals surface area contributed by atoms with Crippen molar-refractivity contribution in [3.63, 3.8) is 0 Å². The molecule has 1 aromatic heterocycles. The molecule has 9 rings (SSSR count). The van der Waals surface area contributed by atoms with Crippen LogP contribution in [0.15, 0.2) is 67.8 Å². The number of nitrogens with two attached hydrogens (primary N) is 6. The van der Waals surface area contributed by atoms with Crippen LogP contribution in [0.1, 0.15) is 182 Å². The van der Waals surface area contributed by atoms with Gasteiger partial charge in [0.15, 0.2) is 6.23 Å². The van der Waals surface area contributed by atoms with Gasteiger partial charge in [-0.1, -0.05) is 53.9 Å². The first-order chi connectivity index (χ1) is 45.2. The van der Waals surface area contributed by atoms with E-state index in [1.165, 1.54) is 49.9 Å². The third-order valence-corrected chi connectivity index (χ3v) is 23.8. The van der Waals surface area contributed by atoms with E-state index in [0.29, 0.717) is 56.4 Å². The summed E-state index contributed by atoms with van der Waals surface area (Å²) < 4.78 is 31.9. The van der Waals surface area contributed by atoms with E-state index < -0.39 is 143 Å². The van der Waals surface area contributed by atoms with Gasteiger partial charge in [-0.25, -0.2) is 4.98 Å². The Bertz CT molecular complexity index is 3700. The number of nitrogens with zero attached hydrogens (tertiary/aromatic N) is 5. The number of allylic oxidation sites excluding steroid dienone is 6. The van der Waals surface area contributed by atoms with Crippen LogP contribution in [0.25, 0.3) is 11.0 Å². The molecule has 7 aliphatic rings. The number of carbonyl (C=O) groups excluding carboxylic acids is 7. The van der Waals surface area contributed by atoms with Crippen molar-refractivity contribution in [2.75, 3.05) is 13.2 Å². The Kier molecular flexibility index (Phi) is 25.0. The summed E-state index contributed by atoms with van der Waals surface area (Å²) in [5, 5.41) is 28.9. The molecule has 7 amide bonds. The average Bonchev–Trinajstić information content (AvgIpc) is 1.53. The van der Waals surface area contributed by atoms with Gasteiger partial charge in [0.2, 0.25) is 41.4 Å². The van der Waals surface area contributed by atoms with E-state index in [1.54, 1.807) is 0 Å². The summed E-state index contributed by atoms with van der Waals surface area (Å²) in [6.07, 6.45) is 2.39. The van der Waals surface area contributed by atoms with Crippen molar-refractivity contribution in [1.29, 1.82) is 0 Å². The van der Waals surface area contributed by atoms with E-state index in [-0.39, 0.29) is 94.0 Å². The van der Waals surface area contributed by atoms with Gasteiger partial charge in [0.05, 0.1) is 41.7 Å². The van der Waals surface area contributed by atoms with E-state index in [9.17, 15) is 53.2 Å². The Morgan fingerprint density at radius 1 is 0.816 bits per heavy atom. The smallest absolute Gasteiger partial charge is 0.268 e. The van der Waals surface area contributed by atoms with E-state index in [4.69, 9.17) is 63.2 Å². The summed E-state index contributed by atoms with van der Waals surface area (Å²) in [4.78, 5) is 128. The first-order valence-corrected chi connectivity index (χ1v) is 35.6. The number of aliphatic imine (C=N–C) groups is 3. The minimum atomic E-state index is -5.32. The fraction of sp³-hybridized carbons (Fsp3) is 0.662. The Balaban J connectivity index is 0.00000159. The average molecular weight is 1450 g/mol. The molecule has 1 aliphatic carbocycles. The summed E-state index contributed by atoms with van der Waals surface area (Å²) in [6, 6.07) is 2.67. The van der Waals surface area contributed by atoms with Crippen LogP contribution in [0.3, 0.4) is 0 Å². The number of aliphatic hydroxyl groups is 2. The van der Waals surface area contributed by atoms with E-state index >= 15 is 0 Å². The molecule has 5 unspecified atom stereocenters. The summed E-state index contributed by atoms with van der Waals surface area (Å²) in [5.41, 5.74) is 37.2. The molecular weight excluding hydrogens is 1340 g/mol. The number of aliphatic hydroxyl groups excluding tert-OH is 2. The number of benzene rings is 1. The van der Waals surface area contributed by atoms with E-state index in [0.717, 1.165) is 16.4 Å². The normalized spacial score (nSPS) is 33.2. The van der Waals surface area contributed by atoms with Crippen LogP contribution in [0, 0.1) is 59.2 Å². The van der Waals surface area contributed by atoms with Gasteiger partial charge < -0.3 is 78.5 Å². The molecule has 7 heterocycles. The summed E-state index contributed by atoms with van der Waals surface area (Å²) in [6.45, 7) is 19.1. The quantitative estimate of drug-likeness (QED) is 0.0446. The zero-order valence-corrected chi connectivity index (χ0v) is 60.9. The first kappa shape index (κ1) is 79.2. The fourth-order valence-corrected chi connectivity index (χ4v) is 18.0. The first-order valence-electron chi connectivity index (χ1n) is 33.6. The van der Waals surface area contributed by atoms with Crippen molar-refractivity contribution in [3.8, 4) is 0 Å². The number of hydrogen-bond acceptors (Lipinski definition) is 20. The number of aromatic nitrogens is 2. The second-order valence-corrected chi connectivity index (χ2v) is 31.4. The molecule has 543 valence electrons. The molecule has 8 bridgehead atoms. The molecule has 2 saturated heterocycles. The zero-order valence-electron chi connectivity index (χ0n) is 58.1. The van der Waals surface area contributed by atoms with Crippen LogP contribution < -0.4 is 49.9 Å². The van der Waals surface area contributed by atoms with Crippen molar-refractivity contribution in [3.05, 3.63) is 63.9 Å². The number of rotatable bonds is 26. The number of amides is 7. The number of aryl methyl sites for hydroxylation is 2. The molecule has 15 atom stereocenters. The van der Waals surface area contributed by atoms with Crippen molar-refractivity contribution in [1.82, 2.24) is 20.2 Å². The number of phosphoric ester groups is 1. The van der Waals surface area contributed by atoms with Crippen LogP contribution in [0.5, 0.6) is 0 Å². The SMILES string of the molecule is C/C1=C2N=C(/C=C3\N/C(=C(/C)C4=NC(C)(C5N=C1[C@](C)(CCC(=O)NCC(C)OP(=O)([O-])O[C@H]1[C@@H](O)[C@@H](n6cnc7cc(C)c(C)cc76)O[C@@H]1CO)C5CC(N)=O)[C@@](C)(CC(N)=O)[C@@H]4CCC(N)=O)[C@@](C)(CC(N)=O)[C@@H]3CCC(N)=O)C(C)(C)[C@@H]/2CCC(N)=O.SC1CCCCC1.[Co]. The fourth-order valence-electron chi connectivity index (χ4n) is 16.5. The molecule has 1 saturated carbocycles. The molecule has 6 aliphatic heterocycles. The van der Waals surface area contributed by atoms with Gasteiger partial charge in [0.1, 0.15) is 18.3 Å². The second-order valence-electron chi connectivity index (χ2n) is 29.4. The summed E-state index contributed by atoms with van der Waals surface area (Å²) >= 11 is 4.36. The number of nitrogens with one attached hydrogen (secondary N) is 2. The van der Waals surface area contributed by atoms with Gasteiger partial charge >= 0.3 is 0 Å². The maximum absolute atomic E-state index is 14.4. The standard InChI is InChI=1S/C62H90N13O14P.C6H12S.Co/c1-29-20-39-40(21-30(29)2)75(28-70-39)57-52(84)53(41(27-76)87-57)89-90(85,86)88-31(3)26-69-49(83)18-19-59(8)37(22-46(66)80)56-62(11)61(10,25-48(68)82)36(14-17-45(65)79)51(74-62)33(5)55-60(9,24-47(67)81)34(12-15-43(63)77)38(71-55)23-42-58(6,7)35(13-16-44(64)78)50(72-42)32(4)54(59)73-56;7-6-4-2-1-3-5-6;/h20-21,23,28,31,34-37,41,52-53,56-57,71,76,84H,12-19,22,24-27H2,1-11H3,(H2,63,77)(H2,64,78)(H2,65,79)(H2,66,80)(H2,67,81)(H2,68,82)(H,69,83)(H,85,86);6-7H,1-5H2;/p-1/b38-23-,50-32-,55-33-;;/t31?,34-,35-,36-,37?,41-,52-,53-,56?,57+,59-,60+,61+,62?;;/m1../s1. The summed E-state index contributed by atoms with van der Waals surface area (Å²) in [7, 11) is -5.32. The number of primary amides is 6. The number of fused-ring (bicyclic) bond motifs is 7. The van der Waals surface area contributed by atoms with Crippen molar-refractivity contribution < 1.29 is 83.8 Å². The van der Waals surface area contributed by atoms with E-state index in [1.807, 2.05) is 87.4 Å². The molecule has 0 spiro atoms. The molecule has 98 heavy (non-hydrogen) atoms. The number of phosphoric acid groups is 1. The molecular formula is C68H101CoN13O14PS-. The molecule has 2 aromatic rings. The number of hydrogen-bond donors (Lipinski definition) is 11. The number of thiol groups is 1.